The van der Waals surface area contributed by atoms with Gasteiger partial charge in [-0.25, -0.2) is 4.79 Å². The van der Waals surface area contributed by atoms with Crippen molar-refractivity contribution in [1.29, 1.82) is 5.26 Å². The predicted octanol–water partition coefficient (Wildman–Crippen LogP) is 3.09. The lowest BCUT2D eigenvalue weighted by molar-refractivity contribution is -0.384. The number of esters is 1. The Kier molecular flexibility index (Phi) is 7.59. The van der Waals surface area contributed by atoms with Gasteiger partial charge in [-0.05, 0) is 43.3 Å². The van der Waals surface area contributed by atoms with Crippen LogP contribution in [0.25, 0.3) is 0 Å². The van der Waals surface area contributed by atoms with Crippen molar-refractivity contribution >= 4 is 34.7 Å². The van der Waals surface area contributed by atoms with Crippen molar-refractivity contribution in [3.63, 3.8) is 0 Å². The van der Waals surface area contributed by atoms with Crippen LogP contribution in [0.15, 0.2) is 53.7 Å². The van der Waals surface area contributed by atoms with Crippen molar-refractivity contribution < 1.29 is 24.1 Å². The SMILES string of the molecule is CCOC(=O)CN(c1ccc(/C(C#N)=N/OC(C)=O)cc1)c1ccc([N+](=O)[O-])cc1. The van der Waals surface area contributed by atoms with Crippen LogP contribution in [0, 0.1) is 21.4 Å². The second kappa shape index (κ2) is 10.3. The number of hydrogen-bond donors (Lipinski definition) is 0. The molecule has 0 bridgehead atoms. The quantitative estimate of drug-likeness (QED) is 0.213. The highest BCUT2D eigenvalue weighted by Crippen LogP contribution is 2.27. The second-order valence-electron chi connectivity index (χ2n) is 5.85. The molecule has 0 heterocycles. The minimum atomic E-state index is -0.654. The summed E-state index contributed by atoms with van der Waals surface area (Å²) in [6, 6.07) is 14.0. The summed E-state index contributed by atoms with van der Waals surface area (Å²) in [5.41, 5.74) is 1.35. The molecule has 10 nitrogen and oxygen atoms in total. The molecule has 2 aromatic rings. The Morgan fingerprint density at radius 1 is 1.13 bits per heavy atom. The van der Waals surface area contributed by atoms with Gasteiger partial charge in [0.1, 0.15) is 12.6 Å². The molecule has 0 aliphatic carbocycles. The van der Waals surface area contributed by atoms with Crippen LogP contribution in [0.1, 0.15) is 19.4 Å². The van der Waals surface area contributed by atoms with Gasteiger partial charge in [-0.2, -0.15) is 5.26 Å². The van der Waals surface area contributed by atoms with E-state index in [9.17, 15) is 25.0 Å². The van der Waals surface area contributed by atoms with Crippen LogP contribution in [-0.2, 0) is 19.2 Å². The number of rotatable bonds is 8. The molecule has 0 aliphatic rings. The van der Waals surface area contributed by atoms with Gasteiger partial charge in [0.2, 0.25) is 0 Å². The number of nitrogens with zero attached hydrogens (tertiary/aromatic N) is 4. The van der Waals surface area contributed by atoms with Crippen molar-refractivity contribution in [1.82, 2.24) is 0 Å². The van der Waals surface area contributed by atoms with Crippen LogP contribution in [0.4, 0.5) is 17.1 Å². The number of anilines is 2. The maximum absolute atomic E-state index is 12.1. The largest absolute Gasteiger partial charge is 0.465 e. The van der Waals surface area contributed by atoms with Gasteiger partial charge in [0, 0.05) is 36.0 Å². The monoisotopic (exact) mass is 410 g/mol. The van der Waals surface area contributed by atoms with Crippen LogP contribution in [-0.4, -0.2) is 35.7 Å². The maximum Gasteiger partial charge on any atom is 0.332 e. The molecular formula is C20H18N4O6. The molecule has 154 valence electrons. The van der Waals surface area contributed by atoms with Crippen LogP contribution in [0.5, 0.6) is 0 Å². The Morgan fingerprint density at radius 3 is 2.17 bits per heavy atom. The number of carbonyl (C=O) groups excluding carboxylic acids is 2. The lowest BCUT2D eigenvalue weighted by atomic mass is 10.1. The number of hydrogen-bond acceptors (Lipinski definition) is 9. The molecule has 10 heteroatoms. The summed E-state index contributed by atoms with van der Waals surface area (Å²) in [6.07, 6.45) is 0. The van der Waals surface area contributed by atoms with E-state index in [1.54, 1.807) is 36.1 Å². The highest BCUT2D eigenvalue weighted by Gasteiger charge is 2.17. The molecule has 0 saturated heterocycles. The molecule has 0 aliphatic heterocycles. The molecule has 0 atom stereocenters. The number of ether oxygens (including phenoxy) is 1. The van der Waals surface area contributed by atoms with E-state index in [4.69, 9.17) is 4.74 Å². The van der Waals surface area contributed by atoms with E-state index in [0.717, 1.165) is 0 Å². The fourth-order valence-corrected chi connectivity index (χ4v) is 2.47. The van der Waals surface area contributed by atoms with E-state index >= 15 is 0 Å². The van der Waals surface area contributed by atoms with Gasteiger partial charge in [-0.15, -0.1) is 0 Å². The number of non-ortho nitro benzene ring substituents is 1. The summed E-state index contributed by atoms with van der Waals surface area (Å²) < 4.78 is 5.01. The number of benzene rings is 2. The smallest absolute Gasteiger partial charge is 0.332 e. The summed E-state index contributed by atoms with van der Waals surface area (Å²) in [5, 5.41) is 23.6. The number of nitro benzene ring substituents is 1. The van der Waals surface area contributed by atoms with Crippen LogP contribution < -0.4 is 4.90 Å². The highest BCUT2D eigenvalue weighted by molar-refractivity contribution is 6.11. The molecule has 0 unspecified atom stereocenters. The topological polar surface area (TPSA) is 135 Å². The first-order valence-electron chi connectivity index (χ1n) is 8.79. The average molecular weight is 410 g/mol. The normalized spacial score (nSPS) is 10.6. The first-order valence-corrected chi connectivity index (χ1v) is 8.79. The number of oxime groups is 1. The number of nitro groups is 1. The van der Waals surface area contributed by atoms with Gasteiger partial charge in [0.05, 0.1) is 11.5 Å². The van der Waals surface area contributed by atoms with Gasteiger partial charge in [-0.1, -0.05) is 5.16 Å². The van der Waals surface area contributed by atoms with Gasteiger partial charge in [0.15, 0.2) is 5.71 Å². The first kappa shape index (κ1) is 22.0. The molecule has 0 amide bonds. The molecule has 0 spiro atoms. The Balaban J connectivity index is 2.37. The molecular weight excluding hydrogens is 392 g/mol. The van der Waals surface area contributed by atoms with Crippen molar-refractivity contribution in [3.05, 3.63) is 64.2 Å². The zero-order valence-corrected chi connectivity index (χ0v) is 16.3. The van der Waals surface area contributed by atoms with E-state index < -0.39 is 16.9 Å². The van der Waals surface area contributed by atoms with Crippen molar-refractivity contribution in [3.8, 4) is 6.07 Å². The van der Waals surface area contributed by atoms with Crippen LogP contribution in [0.2, 0.25) is 0 Å². The average Bonchev–Trinajstić information content (AvgIpc) is 2.73. The van der Waals surface area contributed by atoms with Gasteiger partial charge < -0.3 is 14.5 Å². The van der Waals surface area contributed by atoms with E-state index in [2.05, 4.69) is 9.99 Å². The van der Waals surface area contributed by atoms with Crippen LogP contribution >= 0.6 is 0 Å². The van der Waals surface area contributed by atoms with Crippen molar-refractivity contribution in [2.75, 3.05) is 18.1 Å². The Bertz CT molecular complexity index is 993. The zero-order valence-electron chi connectivity index (χ0n) is 16.3. The summed E-state index contributed by atoms with van der Waals surface area (Å²) in [6.45, 7) is 2.94. The molecule has 0 aromatic heterocycles. The van der Waals surface area contributed by atoms with E-state index in [0.29, 0.717) is 16.9 Å². The number of carbonyl (C=O) groups is 2. The molecule has 30 heavy (non-hydrogen) atoms. The number of nitriles is 1. The summed E-state index contributed by atoms with van der Waals surface area (Å²) in [7, 11) is 0. The zero-order chi connectivity index (χ0) is 22.1. The Labute approximate surface area is 172 Å². The second-order valence-corrected chi connectivity index (χ2v) is 5.85. The Hall–Kier alpha value is -4.26. The van der Waals surface area contributed by atoms with E-state index in [-0.39, 0.29) is 24.6 Å². The van der Waals surface area contributed by atoms with Gasteiger partial charge in [0.25, 0.3) is 5.69 Å². The van der Waals surface area contributed by atoms with Crippen molar-refractivity contribution in [2.24, 2.45) is 5.16 Å². The van der Waals surface area contributed by atoms with E-state index in [1.807, 2.05) is 6.07 Å². The minimum absolute atomic E-state index is 0.0782. The summed E-state index contributed by atoms with van der Waals surface area (Å²) in [5.74, 6) is -1.13. The molecule has 0 radical (unpaired) electrons. The van der Waals surface area contributed by atoms with Gasteiger partial charge >= 0.3 is 11.9 Å². The molecule has 2 aromatic carbocycles. The fourth-order valence-electron chi connectivity index (χ4n) is 2.47. The predicted molar refractivity (Wildman–Crippen MR) is 107 cm³/mol. The Morgan fingerprint density at radius 2 is 1.70 bits per heavy atom. The standard InChI is InChI=1S/C20H18N4O6/c1-3-29-20(26)13-23(17-8-10-18(11-9-17)24(27)28)16-6-4-15(5-7-16)19(12-21)22-30-14(2)25/h4-11H,3,13H2,1-2H3/b22-19+. The highest BCUT2D eigenvalue weighted by atomic mass is 16.7. The fraction of sp³-hybridized carbons (Fsp3) is 0.200. The van der Waals surface area contributed by atoms with Crippen molar-refractivity contribution in [2.45, 2.75) is 13.8 Å². The third-order valence-electron chi connectivity index (χ3n) is 3.79. The molecule has 2 rings (SSSR count). The minimum Gasteiger partial charge on any atom is -0.465 e. The van der Waals surface area contributed by atoms with Gasteiger partial charge in [-0.3, -0.25) is 14.9 Å². The van der Waals surface area contributed by atoms with Crippen LogP contribution in [0.3, 0.4) is 0 Å². The lowest BCUT2D eigenvalue weighted by Gasteiger charge is -2.24. The third kappa shape index (κ3) is 5.87. The molecule has 0 saturated carbocycles. The third-order valence-corrected chi connectivity index (χ3v) is 3.79. The van der Waals surface area contributed by atoms with E-state index in [1.165, 1.54) is 31.2 Å². The molecule has 0 fully saturated rings. The maximum atomic E-state index is 12.1. The molecule has 0 N–H and O–H groups in total. The lowest BCUT2D eigenvalue weighted by Crippen LogP contribution is -2.26. The first-order chi connectivity index (χ1) is 14.3. The summed E-state index contributed by atoms with van der Waals surface area (Å²) >= 11 is 0. The summed E-state index contributed by atoms with van der Waals surface area (Å²) in [4.78, 5) is 39.4.